The molecule has 3 aromatic rings. The zero-order valence-electron chi connectivity index (χ0n) is 19.3. The monoisotopic (exact) mass is 459 g/mol. The van der Waals surface area contributed by atoms with Gasteiger partial charge in [-0.2, -0.15) is 0 Å². The van der Waals surface area contributed by atoms with Gasteiger partial charge in [-0.1, -0.05) is 42.5 Å². The van der Waals surface area contributed by atoms with E-state index < -0.39 is 0 Å². The normalized spacial score (nSPS) is 18.9. The van der Waals surface area contributed by atoms with Crippen molar-refractivity contribution >= 4 is 5.91 Å². The van der Waals surface area contributed by atoms with Crippen LogP contribution >= 0.6 is 0 Å². The third-order valence-electron chi connectivity index (χ3n) is 6.76. The molecule has 1 aromatic heterocycles. The average Bonchev–Trinajstić information content (AvgIpc) is 3.36. The van der Waals surface area contributed by atoms with E-state index in [4.69, 9.17) is 9.72 Å². The molecule has 3 heterocycles. The molecule has 1 atom stereocenters. The number of rotatable bonds is 6. The van der Waals surface area contributed by atoms with Crippen LogP contribution in [0.5, 0.6) is 0 Å². The van der Waals surface area contributed by atoms with Gasteiger partial charge in [0.25, 0.3) is 5.91 Å². The van der Waals surface area contributed by atoms with Crippen LogP contribution in [-0.4, -0.2) is 53.5 Å². The molecule has 0 radical (unpaired) electrons. The SMILES string of the molecule is O=C(c1ccccc1CN1CCOCC1)N1CCC[C@H]1c1cccc(Cc2ccccc2F)n1. The first-order chi connectivity index (χ1) is 16.7. The Morgan fingerprint density at radius 1 is 0.941 bits per heavy atom. The van der Waals surface area contributed by atoms with Gasteiger partial charge in [-0.15, -0.1) is 0 Å². The molecule has 2 aliphatic rings. The molecule has 0 spiro atoms. The number of amides is 1. The number of hydrogen-bond acceptors (Lipinski definition) is 4. The second-order valence-corrected chi connectivity index (χ2v) is 9.02. The fraction of sp³-hybridized carbons (Fsp3) is 0.357. The Balaban J connectivity index is 1.36. The van der Waals surface area contributed by atoms with Gasteiger partial charge in [0.1, 0.15) is 5.82 Å². The highest BCUT2D eigenvalue weighted by Crippen LogP contribution is 2.33. The van der Waals surface area contributed by atoms with Crippen molar-refractivity contribution in [3.63, 3.8) is 0 Å². The summed E-state index contributed by atoms with van der Waals surface area (Å²) in [5.41, 5.74) is 4.15. The zero-order valence-corrected chi connectivity index (χ0v) is 19.3. The van der Waals surface area contributed by atoms with Gasteiger partial charge < -0.3 is 9.64 Å². The minimum atomic E-state index is -0.218. The molecule has 0 N–H and O–H groups in total. The van der Waals surface area contributed by atoms with E-state index in [0.29, 0.717) is 18.5 Å². The molecule has 2 aromatic carbocycles. The number of nitrogens with zero attached hydrogens (tertiary/aromatic N) is 3. The lowest BCUT2D eigenvalue weighted by Gasteiger charge is -2.29. The Labute approximate surface area is 200 Å². The molecule has 2 saturated heterocycles. The van der Waals surface area contributed by atoms with Crippen LogP contribution in [0.15, 0.2) is 66.7 Å². The number of morpholine rings is 1. The van der Waals surface area contributed by atoms with Crippen LogP contribution in [0.4, 0.5) is 4.39 Å². The van der Waals surface area contributed by atoms with Gasteiger partial charge in [-0.25, -0.2) is 4.39 Å². The summed E-state index contributed by atoms with van der Waals surface area (Å²) in [5.74, 6) is -0.156. The molecule has 0 bridgehead atoms. The van der Waals surface area contributed by atoms with E-state index >= 15 is 0 Å². The van der Waals surface area contributed by atoms with Crippen molar-refractivity contribution in [2.45, 2.75) is 31.8 Å². The van der Waals surface area contributed by atoms with Gasteiger partial charge in [0.2, 0.25) is 0 Å². The number of carbonyl (C=O) groups is 1. The molecule has 0 saturated carbocycles. The first-order valence-corrected chi connectivity index (χ1v) is 12.1. The molecule has 2 aliphatic heterocycles. The van der Waals surface area contributed by atoms with E-state index in [1.807, 2.05) is 47.4 Å². The van der Waals surface area contributed by atoms with Crippen molar-refractivity contribution in [1.82, 2.24) is 14.8 Å². The lowest BCUT2D eigenvalue weighted by molar-refractivity contribution is 0.0339. The summed E-state index contributed by atoms with van der Waals surface area (Å²) in [7, 11) is 0. The van der Waals surface area contributed by atoms with Crippen LogP contribution in [-0.2, 0) is 17.7 Å². The second kappa shape index (κ2) is 10.5. The summed E-state index contributed by atoms with van der Waals surface area (Å²) >= 11 is 0. The maximum atomic E-state index is 14.1. The number of ether oxygens (including phenoxy) is 1. The zero-order chi connectivity index (χ0) is 23.3. The molecule has 2 fully saturated rings. The third kappa shape index (κ3) is 5.03. The maximum Gasteiger partial charge on any atom is 0.254 e. The fourth-order valence-electron chi connectivity index (χ4n) is 4.96. The van der Waals surface area contributed by atoms with Crippen LogP contribution in [0, 0.1) is 5.82 Å². The summed E-state index contributed by atoms with van der Waals surface area (Å²) < 4.78 is 19.6. The van der Waals surface area contributed by atoms with Crippen LogP contribution in [0.2, 0.25) is 0 Å². The maximum absolute atomic E-state index is 14.1. The van der Waals surface area contributed by atoms with E-state index in [-0.39, 0.29) is 17.8 Å². The molecule has 5 nitrogen and oxygen atoms in total. The first-order valence-electron chi connectivity index (χ1n) is 12.1. The first kappa shape index (κ1) is 22.7. The average molecular weight is 460 g/mol. The molecular formula is C28H30FN3O2. The second-order valence-electron chi connectivity index (χ2n) is 9.02. The number of aromatic nitrogens is 1. The highest BCUT2D eigenvalue weighted by atomic mass is 19.1. The van der Waals surface area contributed by atoms with Crippen molar-refractivity contribution < 1.29 is 13.9 Å². The quantitative estimate of drug-likeness (QED) is 0.540. The van der Waals surface area contributed by atoms with Gasteiger partial charge in [0.05, 0.1) is 24.9 Å². The largest absolute Gasteiger partial charge is 0.379 e. The predicted octanol–water partition coefficient (Wildman–Crippen LogP) is 4.62. The van der Waals surface area contributed by atoms with E-state index in [1.54, 1.807) is 12.1 Å². The third-order valence-corrected chi connectivity index (χ3v) is 6.76. The number of carbonyl (C=O) groups excluding carboxylic acids is 1. The van der Waals surface area contributed by atoms with E-state index in [9.17, 15) is 9.18 Å². The number of likely N-dealkylation sites (tertiary alicyclic amines) is 1. The molecule has 6 heteroatoms. The van der Waals surface area contributed by atoms with Gasteiger partial charge >= 0.3 is 0 Å². The number of halogens is 1. The Hall–Kier alpha value is -3.09. The Morgan fingerprint density at radius 2 is 1.71 bits per heavy atom. The van der Waals surface area contributed by atoms with Gasteiger partial charge in [0, 0.05) is 43.9 Å². The van der Waals surface area contributed by atoms with Crippen molar-refractivity contribution in [3.8, 4) is 0 Å². The Bertz CT molecular complexity index is 1150. The smallest absolute Gasteiger partial charge is 0.254 e. The van der Waals surface area contributed by atoms with Gasteiger partial charge in [-0.3, -0.25) is 14.7 Å². The van der Waals surface area contributed by atoms with Gasteiger partial charge in [0.15, 0.2) is 0 Å². The van der Waals surface area contributed by atoms with Gasteiger partial charge in [-0.05, 0) is 48.2 Å². The highest BCUT2D eigenvalue weighted by molar-refractivity contribution is 5.96. The standard InChI is InChI=1S/C28H30FN3O2/c29-25-11-4-2-7-21(25)19-23-9-5-12-26(30-23)27-13-6-14-32(27)28(33)24-10-3-1-8-22(24)20-31-15-17-34-18-16-31/h1-5,7-12,27H,6,13-20H2/t27-/m0/s1. The molecule has 5 rings (SSSR count). The van der Waals surface area contributed by atoms with E-state index in [0.717, 1.165) is 68.2 Å². The summed E-state index contributed by atoms with van der Waals surface area (Å²) in [5, 5.41) is 0. The number of benzene rings is 2. The lowest BCUT2D eigenvalue weighted by Crippen LogP contribution is -2.37. The van der Waals surface area contributed by atoms with E-state index in [2.05, 4.69) is 11.0 Å². The summed E-state index contributed by atoms with van der Waals surface area (Å²) in [6.45, 7) is 4.70. The summed E-state index contributed by atoms with van der Waals surface area (Å²) in [6.07, 6.45) is 2.26. The highest BCUT2D eigenvalue weighted by Gasteiger charge is 2.32. The summed E-state index contributed by atoms with van der Waals surface area (Å²) in [4.78, 5) is 22.9. The number of hydrogen-bond donors (Lipinski definition) is 0. The lowest BCUT2D eigenvalue weighted by atomic mass is 10.0. The Morgan fingerprint density at radius 3 is 2.53 bits per heavy atom. The van der Waals surface area contributed by atoms with Crippen LogP contribution in [0.3, 0.4) is 0 Å². The topological polar surface area (TPSA) is 45.7 Å². The fourth-order valence-corrected chi connectivity index (χ4v) is 4.96. The van der Waals surface area contributed by atoms with E-state index in [1.165, 1.54) is 6.07 Å². The molecule has 1 amide bonds. The summed E-state index contributed by atoms with van der Waals surface area (Å²) in [6, 6.07) is 20.6. The Kier molecular flexibility index (Phi) is 6.97. The number of pyridine rings is 1. The van der Waals surface area contributed by atoms with Crippen molar-refractivity contribution in [2.24, 2.45) is 0 Å². The van der Waals surface area contributed by atoms with Crippen molar-refractivity contribution in [2.75, 3.05) is 32.8 Å². The van der Waals surface area contributed by atoms with Crippen molar-refractivity contribution in [1.29, 1.82) is 0 Å². The van der Waals surface area contributed by atoms with Crippen LogP contribution < -0.4 is 0 Å². The predicted molar refractivity (Wildman–Crippen MR) is 129 cm³/mol. The van der Waals surface area contributed by atoms with Crippen LogP contribution in [0.1, 0.15) is 51.8 Å². The van der Waals surface area contributed by atoms with Crippen LogP contribution in [0.25, 0.3) is 0 Å². The molecular weight excluding hydrogens is 429 g/mol. The molecule has 0 aliphatic carbocycles. The molecule has 34 heavy (non-hydrogen) atoms. The molecule has 176 valence electrons. The minimum Gasteiger partial charge on any atom is -0.379 e. The minimum absolute atomic E-state index is 0.0627. The van der Waals surface area contributed by atoms with Crippen molar-refractivity contribution in [3.05, 3.63) is 101 Å². The molecule has 0 unspecified atom stereocenters.